The summed E-state index contributed by atoms with van der Waals surface area (Å²) >= 11 is 5.33. The van der Waals surface area contributed by atoms with E-state index >= 15 is 0 Å². The van der Waals surface area contributed by atoms with Crippen molar-refractivity contribution in [2.75, 3.05) is 17.5 Å². The number of anilines is 1. The summed E-state index contributed by atoms with van der Waals surface area (Å²) in [5.74, 6) is -0.599. The van der Waals surface area contributed by atoms with Crippen molar-refractivity contribution in [3.05, 3.63) is 56.6 Å². The van der Waals surface area contributed by atoms with E-state index < -0.39 is 16.0 Å². The van der Waals surface area contributed by atoms with Gasteiger partial charge in [0.1, 0.15) is 6.54 Å². The Bertz CT molecular complexity index is 824. The van der Waals surface area contributed by atoms with E-state index in [9.17, 15) is 13.2 Å². The standard InChI is InChI=1S/C16H15BrINO4S/c1-2-23-16(20)11-19(15-6-4-3-5-14(15)18)24(21,22)13-9-7-12(17)8-10-13/h3-10H,2,11H2,1H3. The molecule has 0 aromatic heterocycles. The predicted molar refractivity (Wildman–Crippen MR) is 104 cm³/mol. The molecule has 0 N–H and O–H groups in total. The summed E-state index contributed by atoms with van der Waals surface area (Å²) in [6, 6.07) is 13.3. The molecule has 0 atom stereocenters. The third kappa shape index (κ3) is 4.48. The first-order chi connectivity index (χ1) is 11.4. The molecule has 0 bridgehead atoms. The first-order valence-corrected chi connectivity index (χ1v) is 10.4. The van der Waals surface area contributed by atoms with Crippen molar-refractivity contribution < 1.29 is 17.9 Å². The summed E-state index contributed by atoms with van der Waals surface area (Å²) in [4.78, 5) is 12.0. The number of carbonyl (C=O) groups is 1. The molecule has 0 aliphatic carbocycles. The van der Waals surface area contributed by atoms with Crippen molar-refractivity contribution in [2.45, 2.75) is 11.8 Å². The van der Waals surface area contributed by atoms with E-state index in [4.69, 9.17) is 4.74 Å². The fourth-order valence-electron chi connectivity index (χ4n) is 2.01. The minimum absolute atomic E-state index is 0.106. The van der Waals surface area contributed by atoms with Crippen molar-refractivity contribution in [1.29, 1.82) is 0 Å². The SMILES string of the molecule is CCOC(=O)CN(c1ccccc1I)S(=O)(=O)c1ccc(Br)cc1. The Kier molecular flexibility index (Phi) is 6.64. The highest BCUT2D eigenvalue weighted by molar-refractivity contribution is 14.1. The van der Waals surface area contributed by atoms with Gasteiger partial charge in [0.05, 0.1) is 17.2 Å². The van der Waals surface area contributed by atoms with Crippen LogP contribution in [0.1, 0.15) is 6.92 Å². The van der Waals surface area contributed by atoms with E-state index in [1.807, 2.05) is 22.6 Å². The van der Waals surface area contributed by atoms with Crippen LogP contribution in [0.2, 0.25) is 0 Å². The first-order valence-electron chi connectivity index (χ1n) is 7.04. The first kappa shape index (κ1) is 19.2. The van der Waals surface area contributed by atoms with E-state index in [1.54, 1.807) is 43.3 Å². The van der Waals surface area contributed by atoms with E-state index in [-0.39, 0.29) is 18.0 Å². The summed E-state index contributed by atoms with van der Waals surface area (Å²) in [6.07, 6.45) is 0. The lowest BCUT2D eigenvalue weighted by molar-refractivity contribution is -0.141. The van der Waals surface area contributed by atoms with Crippen molar-refractivity contribution in [3.8, 4) is 0 Å². The maximum atomic E-state index is 13.0. The molecule has 0 amide bonds. The van der Waals surface area contributed by atoms with Gasteiger partial charge in [0.2, 0.25) is 0 Å². The number of halogens is 2. The van der Waals surface area contributed by atoms with Crippen LogP contribution in [-0.2, 0) is 19.6 Å². The van der Waals surface area contributed by atoms with Gasteiger partial charge in [-0.2, -0.15) is 0 Å². The molecule has 2 aromatic carbocycles. The van der Waals surface area contributed by atoms with Gasteiger partial charge >= 0.3 is 5.97 Å². The van der Waals surface area contributed by atoms with Crippen LogP contribution in [0, 0.1) is 3.57 Å². The lowest BCUT2D eigenvalue weighted by Gasteiger charge is -2.24. The lowest BCUT2D eigenvalue weighted by atomic mass is 10.3. The Hall–Kier alpha value is -1.13. The van der Waals surface area contributed by atoms with Crippen LogP contribution in [0.15, 0.2) is 57.9 Å². The maximum absolute atomic E-state index is 13.0. The van der Waals surface area contributed by atoms with Gasteiger partial charge in [0, 0.05) is 8.04 Å². The quantitative estimate of drug-likeness (QED) is 0.426. The van der Waals surface area contributed by atoms with Gasteiger partial charge in [-0.3, -0.25) is 9.10 Å². The summed E-state index contributed by atoms with van der Waals surface area (Å²) in [5, 5.41) is 0. The topological polar surface area (TPSA) is 63.7 Å². The van der Waals surface area contributed by atoms with Crippen LogP contribution >= 0.6 is 38.5 Å². The molecule has 0 aliphatic rings. The molecule has 24 heavy (non-hydrogen) atoms. The molecule has 128 valence electrons. The average molecular weight is 524 g/mol. The number of ether oxygens (including phenoxy) is 1. The number of nitrogens with zero attached hydrogens (tertiary/aromatic N) is 1. The molecular formula is C16H15BrINO4S. The Morgan fingerprint density at radius 2 is 1.79 bits per heavy atom. The van der Waals surface area contributed by atoms with Gasteiger partial charge in [0.15, 0.2) is 0 Å². The highest BCUT2D eigenvalue weighted by Gasteiger charge is 2.28. The lowest BCUT2D eigenvalue weighted by Crippen LogP contribution is -2.37. The van der Waals surface area contributed by atoms with Crippen LogP contribution in [0.5, 0.6) is 0 Å². The Morgan fingerprint density at radius 3 is 2.38 bits per heavy atom. The third-order valence-electron chi connectivity index (χ3n) is 3.10. The second-order valence-electron chi connectivity index (χ2n) is 4.72. The van der Waals surface area contributed by atoms with Crippen molar-refractivity contribution in [3.63, 3.8) is 0 Å². The molecule has 2 rings (SSSR count). The molecule has 0 fully saturated rings. The number of esters is 1. The van der Waals surface area contributed by atoms with Gasteiger partial charge in [-0.15, -0.1) is 0 Å². The normalized spacial score (nSPS) is 11.1. The smallest absolute Gasteiger partial charge is 0.326 e. The molecule has 5 nitrogen and oxygen atoms in total. The van der Waals surface area contributed by atoms with E-state index in [1.165, 1.54) is 12.1 Å². The number of rotatable bonds is 6. The monoisotopic (exact) mass is 523 g/mol. The molecule has 0 radical (unpaired) electrons. The molecule has 8 heteroatoms. The number of para-hydroxylation sites is 1. The van der Waals surface area contributed by atoms with Crippen LogP contribution in [0.4, 0.5) is 5.69 Å². The minimum atomic E-state index is -3.90. The molecule has 0 saturated heterocycles. The molecule has 0 saturated carbocycles. The van der Waals surface area contributed by atoms with Crippen molar-refractivity contribution >= 4 is 60.2 Å². The van der Waals surface area contributed by atoms with E-state index in [0.29, 0.717) is 5.69 Å². The van der Waals surface area contributed by atoms with Crippen LogP contribution in [0.25, 0.3) is 0 Å². The number of benzene rings is 2. The van der Waals surface area contributed by atoms with Crippen LogP contribution < -0.4 is 4.31 Å². The molecule has 2 aromatic rings. The van der Waals surface area contributed by atoms with E-state index in [0.717, 1.165) is 12.3 Å². The number of sulfonamides is 1. The van der Waals surface area contributed by atoms with Gasteiger partial charge in [-0.25, -0.2) is 8.42 Å². The molecule has 0 heterocycles. The van der Waals surface area contributed by atoms with Gasteiger partial charge in [-0.05, 0) is 65.9 Å². The molecule has 0 unspecified atom stereocenters. The number of hydrogen-bond donors (Lipinski definition) is 0. The van der Waals surface area contributed by atoms with Crippen LogP contribution in [0.3, 0.4) is 0 Å². The zero-order valence-electron chi connectivity index (χ0n) is 12.8. The second kappa shape index (κ2) is 8.30. The second-order valence-corrected chi connectivity index (χ2v) is 8.66. The molecule has 0 aliphatic heterocycles. The Morgan fingerprint density at radius 1 is 1.17 bits per heavy atom. The zero-order chi connectivity index (χ0) is 17.7. The fourth-order valence-corrected chi connectivity index (χ4v) is 4.55. The highest BCUT2D eigenvalue weighted by Crippen LogP contribution is 2.28. The summed E-state index contributed by atoms with van der Waals surface area (Å²) in [7, 11) is -3.90. The maximum Gasteiger partial charge on any atom is 0.326 e. The molecular weight excluding hydrogens is 509 g/mol. The average Bonchev–Trinajstić information content (AvgIpc) is 2.54. The van der Waals surface area contributed by atoms with Crippen molar-refractivity contribution in [2.24, 2.45) is 0 Å². The van der Waals surface area contributed by atoms with Gasteiger partial charge < -0.3 is 4.74 Å². The fraction of sp³-hybridized carbons (Fsp3) is 0.188. The van der Waals surface area contributed by atoms with Crippen molar-refractivity contribution in [1.82, 2.24) is 0 Å². The Labute approximate surface area is 163 Å². The summed E-state index contributed by atoms with van der Waals surface area (Å²) in [6.45, 7) is 1.49. The highest BCUT2D eigenvalue weighted by atomic mass is 127. The Balaban J connectivity index is 2.50. The predicted octanol–water partition coefficient (Wildman–Crippen LogP) is 3.81. The van der Waals surface area contributed by atoms with E-state index in [2.05, 4.69) is 15.9 Å². The number of carbonyl (C=O) groups excluding carboxylic acids is 1. The summed E-state index contributed by atoms with van der Waals surface area (Å²) < 4.78 is 33.6. The zero-order valence-corrected chi connectivity index (χ0v) is 17.3. The number of hydrogen-bond acceptors (Lipinski definition) is 4. The third-order valence-corrected chi connectivity index (χ3v) is 6.32. The van der Waals surface area contributed by atoms with Gasteiger partial charge in [-0.1, -0.05) is 28.1 Å². The van der Waals surface area contributed by atoms with Gasteiger partial charge in [0.25, 0.3) is 10.0 Å². The minimum Gasteiger partial charge on any atom is -0.465 e. The largest absolute Gasteiger partial charge is 0.465 e. The molecule has 0 spiro atoms. The van der Waals surface area contributed by atoms with Crippen LogP contribution in [-0.4, -0.2) is 27.5 Å². The summed E-state index contributed by atoms with van der Waals surface area (Å²) in [5.41, 5.74) is 0.439.